The average molecular weight is 318 g/mol. The van der Waals surface area contributed by atoms with Crippen LogP contribution in [-0.4, -0.2) is 6.18 Å². The van der Waals surface area contributed by atoms with Gasteiger partial charge in [0.2, 0.25) is 0 Å². The molecule has 2 aromatic carbocycles. The van der Waals surface area contributed by atoms with E-state index < -0.39 is 24.5 Å². The minimum Gasteiger partial charge on any atom is -0.378 e. The maximum absolute atomic E-state index is 13.4. The summed E-state index contributed by atoms with van der Waals surface area (Å²) >= 11 is 5.56. The van der Waals surface area contributed by atoms with E-state index in [4.69, 9.17) is 11.6 Å². The zero-order valence-corrected chi connectivity index (χ0v) is 11.5. The van der Waals surface area contributed by atoms with E-state index in [0.29, 0.717) is 5.56 Å². The molecule has 0 aliphatic heterocycles. The molecule has 0 saturated carbocycles. The number of rotatable bonds is 4. The highest BCUT2D eigenvalue weighted by molar-refractivity contribution is 6.30. The summed E-state index contributed by atoms with van der Waals surface area (Å²) in [5.41, 5.74) is 0.722. The highest BCUT2D eigenvalue weighted by atomic mass is 35.5. The molecule has 0 aliphatic carbocycles. The SMILES string of the molecule is Fc1cc(NC(CC(F)(F)F)c2ccccc2)ccc1Cl. The van der Waals surface area contributed by atoms with Gasteiger partial charge in [-0.15, -0.1) is 0 Å². The quantitative estimate of drug-likeness (QED) is 0.725. The molecule has 2 aromatic rings. The lowest BCUT2D eigenvalue weighted by Gasteiger charge is -2.22. The first-order chi connectivity index (χ1) is 9.85. The van der Waals surface area contributed by atoms with E-state index in [1.165, 1.54) is 12.1 Å². The smallest absolute Gasteiger partial charge is 0.378 e. The summed E-state index contributed by atoms with van der Waals surface area (Å²) < 4.78 is 51.5. The third-order valence-electron chi connectivity index (χ3n) is 2.90. The van der Waals surface area contributed by atoms with Crippen molar-refractivity contribution < 1.29 is 17.6 Å². The molecule has 112 valence electrons. The van der Waals surface area contributed by atoms with Gasteiger partial charge >= 0.3 is 6.18 Å². The largest absolute Gasteiger partial charge is 0.391 e. The van der Waals surface area contributed by atoms with Crippen LogP contribution in [0.4, 0.5) is 23.2 Å². The standard InChI is InChI=1S/C15H12ClF4N/c16-12-7-6-11(8-13(12)17)21-14(9-15(18,19)20)10-4-2-1-3-5-10/h1-8,14,21H,9H2. The Morgan fingerprint density at radius 3 is 2.29 bits per heavy atom. The normalized spacial score (nSPS) is 13.0. The van der Waals surface area contributed by atoms with Crippen LogP contribution >= 0.6 is 11.6 Å². The van der Waals surface area contributed by atoms with Crippen LogP contribution in [0.25, 0.3) is 0 Å². The Kier molecular flexibility index (Phi) is 4.73. The average Bonchev–Trinajstić information content (AvgIpc) is 2.42. The molecule has 0 aromatic heterocycles. The molecule has 0 amide bonds. The van der Waals surface area contributed by atoms with Crippen molar-refractivity contribution >= 4 is 17.3 Å². The van der Waals surface area contributed by atoms with E-state index in [-0.39, 0.29) is 10.7 Å². The van der Waals surface area contributed by atoms with Crippen LogP contribution in [0.3, 0.4) is 0 Å². The van der Waals surface area contributed by atoms with Gasteiger partial charge in [-0.3, -0.25) is 0 Å². The van der Waals surface area contributed by atoms with Crippen molar-refractivity contribution in [2.45, 2.75) is 18.6 Å². The molecule has 0 bridgehead atoms. The Morgan fingerprint density at radius 1 is 1.05 bits per heavy atom. The van der Waals surface area contributed by atoms with Crippen molar-refractivity contribution in [3.05, 3.63) is 64.9 Å². The van der Waals surface area contributed by atoms with Crippen molar-refractivity contribution in [3.8, 4) is 0 Å². The second-order valence-corrected chi connectivity index (χ2v) is 4.96. The molecule has 0 heterocycles. The van der Waals surface area contributed by atoms with Crippen molar-refractivity contribution in [2.75, 3.05) is 5.32 Å². The first kappa shape index (κ1) is 15.6. The van der Waals surface area contributed by atoms with Crippen LogP contribution < -0.4 is 5.32 Å². The lowest BCUT2D eigenvalue weighted by atomic mass is 10.0. The maximum Gasteiger partial charge on any atom is 0.391 e. The Bertz CT molecular complexity index is 598. The van der Waals surface area contributed by atoms with Crippen molar-refractivity contribution in [3.63, 3.8) is 0 Å². The number of halogens is 5. The molecular weight excluding hydrogens is 306 g/mol. The van der Waals surface area contributed by atoms with Gasteiger partial charge in [0.15, 0.2) is 0 Å². The van der Waals surface area contributed by atoms with Crippen LogP contribution in [0, 0.1) is 5.82 Å². The number of anilines is 1. The molecule has 1 atom stereocenters. The summed E-state index contributed by atoms with van der Waals surface area (Å²) in [4.78, 5) is 0. The summed E-state index contributed by atoms with van der Waals surface area (Å²) in [6, 6.07) is 11.0. The monoisotopic (exact) mass is 317 g/mol. The van der Waals surface area contributed by atoms with Crippen LogP contribution in [0.5, 0.6) is 0 Å². The zero-order valence-electron chi connectivity index (χ0n) is 10.8. The summed E-state index contributed by atoms with van der Waals surface area (Å²) in [7, 11) is 0. The van der Waals surface area contributed by atoms with Crippen LogP contribution in [0.15, 0.2) is 48.5 Å². The molecule has 1 unspecified atom stereocenters. The second kappa shape index (κ2) is 6.35. The summed E-state index contributed by atoms with van der Waals surface area (Å²) in [5, 5.41) is 2.62. The van der Waals surface area contributed by atoms with E-state index in [1.54, 1.807) is 30.3 Å². The maximum atomic E-state index is 13.4. The topological polar surface area (TPSA) is 12.0 Å². The summed E-state index contributed by atoms with van der Waals surface area (Å²) in [5.74, 6) is -0.680. The summed E-state index contributed by atoms with van der Waals surface area (Å²) in [6.07, 6.45) is -5.39. The van der Waals surface area contributed by atoms with Gasteiger partial charge in [0, 0.05) is 5.69 Å². The first-order valence-corrected chi connectivity index (χ1v) is 6.56. The van der Waals surface area contributed by atoms with Crippen molar-refractivity contribution in [1.82, 2.24) is 0 Å². The molecule has 0 saturated heterocycles. The molecule has 0 aliphatic rings. The molecule has 2 rings (SSSR count). The third-order valence-corrected chi connectivity index (χ3v) is 3.20. The highest BCUT2D eigenvalue weighted by Gasteiger charge is 2.32. The van der Waals surface area contributed by atoms with Gasteiger partial charge in [0.25, 0.3) is 0 Å². The summed E-state index contributed by atoms with van der Waals surface area (Å²) in [6.45, 7) is 0. The lowest BCUT2D eigenvalue weighted by molar-refractivity contribution is -0.137. The van der Waals surface area contributed by atoms with Gasteiger partial charge in [-0.25, -0.2) is 4.39 Å². The third kappa shape index (κ3) is 4.63. The fourth-order valence-corrected chi connectivity index (χ4v) is 2.07. The van der Waals surface area contributed by atoms with Gasteiger partial charge in [-0.1, -0.05) is 41.9 Å². The molecule has 0 spiro atoms. The van der Waals surface area contributed by atoms with E-state index in [1.807, 2.05) is 0 Å². The Labute approximate surface area is 124 Å². The lowest BCUT2D eigenvalue weighted by Crippen LogP contribution is -2.20. The fraction of sp³-hybridized carbons (Fsp3) is 0.200. The minimum absolute atomic E-state index is 0.0763. The highest BCUT2D eigenvalue weighted by Crippen LogP contribution is 2.32. The van der Waals surface area contributed by atoms with Gasteiger partial charge in [0.05, 0.1) is 17.5 Å². The number of benzene rings is 2. The number of alkyl halides is 3. The van der Waals surface area contributed by atoms with Gasteiger partial charge in [-0.05, 0) is 23.8 Å². The van der Waals surface area contributed by atoms with E-state index in [2.05, 4.69) is 5.32 Å². The molecule has 0 fully saturated rings. The molecule has 21 heavy (non-hydrogen) atoms. The number of hydrogen-bond acceptors (Lipinski definition) is 1. The van der Waals surface area contributed by atoms with Crippen molar-refractivity contribution in [2.24, 2.45) is 0 Å². The zero-order chi connectivity index (χ0) is 15.5. The molecule has 0 radical (unpaired) electrons. The molecule has 6 heteroatoms. The van der Waals surface area contributed by atoms with Crippen LogP contribution in [-0.2, 0) is 0 Å². The van der Waals surface area contributed by atoms with Crippen LogP contribution in [0.1, 0.15) is 18.0 Å². The van der Waals surface area contributed by atoms with Crippen LogP contribution in [0.2, 0.25) is 5.02 Å². The Hall–Kier alpha value is -1.75. The van der Waals surface area contributed by atoms with Gasteiger partial charge in [0.1, 0.15) is 5.82 Å². The second-order valence-electron chi connectivity index (χ2n) is 4.56. The van der Waals surface area contributed by atoms with E-state index >= 15 is 0 Å². The Balaban J connectivity index is 2.25. The van der Waals surface area contributed by atoms with E-state index in [0.717, 1.165) is 6.07 Å². The molecule has 1 N–H and O–H groups in total. The van der Waals surface area contributed by atoms with Gasteiger partial charge < -0.3 is 5.32 Å². The molecule has 1 nitrogen and oxygen atoms in total. The van der Waals surface area contributed by atoms with Crippen molar-refractivity contribution in [1.29, 1.82) is 0 Å². The first-order valence-electron chi connectivity index (χ1n) is 6.18. The van der Waals surface area contributed by atoms with Gasteiger partial charge in [-0.2, -0.15) is 13.2 Å². The Morgan fingerprint density at radius 2 is 1.71 bits per heavy atom. The molecular formula is C15H12ClF4N. The predicted molar refractivity (Wildman–Crippen MR) is 74.9 cm³/mol. The predicted octanol–water partition coefficient (Wildman–Crippen LogP) is 5.58. The number of nitrogens with one attached hydrogen (secondary N) is 1. The number of hydrogen-bond donors (Lipinski definition) is 1. The minimum atomic E-state index is -4.33. The fourth-order valence-electron chi connectivity index (χ4n) is 1.96. The van der Waals surface area contributed by atoms with E-state index in [9.17, 15) is 17.6 Å².